The lowest BCUT2D eigenvalue weighted by Gasteiger charge is -2.34. The van der Waals surface area contributed by atoms with Gasteiger partial charge in [0.05, 0.1) is 24.4 Å². The van der Waals surface area contributed by atoms with E-state index in [4.69, 9.17) is 4.74 Å². The van der Waals surface area contributed by atoms with Gasteiger partial charge in [-0.15, -0.1) is 11.3 Å². The fraction of sp³-hybridized carbons (Fsp3) is 0.312. The van der Waals surface area contributed by atoms with Crippen LogP contribution in [0.4, 0.5) is 5.69 Å². The third-order valence-corrected chi connectivity index (χ3v) is 4.53. The van der Waals surface area contributed by atoms with Gasteiger partial charge in [0.1, 0.15) is 17.2 Å². The Kier molecular flexibility index (Phi) is 4.18. The monoisotopic (exact) mass is 313 g/mol. The van der Waals surface area contributed by atoms with E-state index in [0.717, 1.165) is 10.7 Å². The Balaban J connectivity index is 1.91. The number of anilines is 1. The van der Waals surface area contributed by atoms with E-state index in [2.05, 4.69) is 16.0 Å². The maximum absolute atomic E-state index is 11.6. The summed E-state index contributed by atoms with van der Waals surface area (Å²) in [7, 11) is 0. The molecule has 1 aromatic carbocycles. The van der Waals surface area contributed by atoms with Crippen molar-refractivity contribution >= 4 is 22.8 Å². The van der Waals surface area contributed by atoms with Crippen LogP contribution in [0.5, 0.6) is 0 Å². The first-order chi connectivity index (χ1) is 10.7. The van der Waals surface area contributed by atoms with Crippen LogP contribution in [0.25, 0.3) is 0 Å². The molecule has 1 aliphatic rings. The number of aromatic nitrogens is 1. The largest absolute Gasteiger partial charge is 0.367 e. The van der Waals surface area contributed by atoms with Gasteiger partial charge in [-0.2, -0.15) is 5.26 Å². The zero-order valence-electron chi connectivity index (χ0n) is 12.2. The summed E-state index contributed by atoms with van der Waals surface area (Å²) in [6.45, 7) is 3.42. The first-order valence-electron chi connectivity index (χ1n) is 7.00. The average molecular weight is 313 g/mol. The van der Waals surface area contributed by atoms with Crippen LogP contribution in [0.15, 0.2) is 29.8 Å². The maximum Gasteiger partial charge on any atom is 0.159 e. The van der Waals surface area contributed by atoms with Crippen molar-refractivity contribution < 1.29 is 9.53 Å². The fourth-order valence-electron chi connectivity index (χ4n) is 2.52. The molecule has 1 unspecified atom stereocenters. The number of thiazole rings is 1. The summed E-state index contributed by atoms with van der Waals surface area (Å²) in [5.41, 5.74) is 1.98. The topological polar surface area (TPSA) is 66.2 Å². The van der Waals surface area contributed by atoms with Crippen LogP contribution in [-0.2, 0) is 4.74 Å². The molecule has 3 rings (SSSR count). The number of nitrogens with zero attached hydrogens (tertiary/aromatic N) is 3. The predicted octanol–water partition coefficient (Wildman–Crippen LogP) is 2.80. The van der Waals surface area contributed by atoms with Gasteiger partial charge in [-0.3, -0.25) is 4.79 Å². The van der Waals surface area contributed by atoms with E-state index in [-0.39, 0.29) is 11.9 Å². The molecule has 0 aliphatic carbocycles. The van der Waals surface area contributed by atoms with Gasteiger partial charge in [-0.25, -0.2) is 4.98 Å². The minimum atomic E-state index is -0.0960. The number of rotatable bonds is 3. The van der Waals surface area contributed by atoms with E-state index in [1.54, 1.807) is 35.7 Å². The van der Waals surface area contributed by atoms with E-state index >= 15 is 0 Å². The molecule has 1 saturated heterocycles. The van der Waals surface area contributed by atoms with E-state index < -0.39 is 0 Å². The Morgan fingerprint density at radius 3 is 3.09 bits per heavy atom. The summed E-state index contributed by atoms with van der Waals surface area (Å²) >= 11 is 1.56. The molecule has 0 amide bonds. The molecule has 6 heteroatoms. The lowest BCUT2D eigenvalue weighted by Crippen LogP contribution is -2.38. The van der Waals surface area contributed by atoms with Crippen LogP contribution >= 0.6 is 11.3 Å². The molecule has 22 heavy (non-hydrogen) atoms. The number of morpholine rings is 1. The second-order valence-corrected chi connectivity index (χ2v) is 6.00. The Morgan fingerprint density at radius 2 is 2.41 bits per heavy atom. The summed E-state index contributed by atoms with van der Waals surface area (Å²) in [6.07, 6.45) is 1.67. The summed E-state index contributed by atoms with van der Waals surface area (Å²) in [5, 5.41) is 12.2. The van der Waals surface area contributed by atoms with Crippen LogP contribution in [0, 0.1) is 11.3 Å². The van der Waals surface area contributed by atoms with Gasteiger partial charge in [0.15, 0.2) is 5.78 Å². The second-order valence-electron chi connectivity index (χ2n) is 5.08. The number of carbonyl (C=O) groups excluding carboxylic acids is 1. The summed E-state index contributed by atoms with van der Waals surface area (Å²) in [6, 6.07) is 7.40. The van der Waals surface area contributed by atoms with Gasteiger partial charge in [-0.1, -0.05) is 0 Å². The average Bonchev–Trinajstić information content (AvgIpc) is 3.09. The Hall–Kier alpha value is -2.23. The Morgan fingerprint density at radius 1 is 1.55 bits per heavy atom. The van der Waals surface area contributed by atoms with Crippen molar-refractivity contribution in [3.8, 4) is 6.07 Å². The SMILES string of the molecule is CC(=O)c1ccc(C#N)c(N2CCOC(c3nccs3)C2)c1. The van der Waals surface area contributed by atoms with Crippen LogP contribution < -0.4 is 4.90 Å². The Labute approximate surface area is 132 Å². The van der Waals surface area contributed by atoms with E-state index in [1.165, 1.54) is 6.92 Å². The standard InChI is InChI=1S/C16H15N3O2S/c1-11(20)12-2-3-13(9-17)14(8-12)19-5-6-21-15(10-19)16-18-4-7-22-16/h2-4,7-8,15H,5-6,10H2,1H3. The number of nitriles is 1. The van der Waals surface area contributed by atoms with Crippen molar-refractivity contribution in [2.24, 2.45) is 0 Å². The highest BCUT2D eigenvalue weighted by atomic mass is 32.1. The predicted molar refractivity (Wildman–Crippen MR) is 84.2 cm³/mol. The van der Waals surface area contributed by atoms with E-state index in [9.17, 15) is 10.1 Å². The van der Waals surface area contributed by atoms with Gasteiger partial charge in [-0.05, 0) is 25.1 Å². The number of carbonyl (C=O) groups is 1. The summed E-state index contributed by atoms with van der Waals surface area (Å²) < 4.78 is 5.78. The number of Topliss-reactive ketones (excluding diaryl/α,β-unsaturated/α-hetero) is 1. The number of benzene rings is 1. The molecule has 2 aromatic rings. The molecule has 0 N–H and O–H groups in total. The minimum Gasteiger partial charge on any atom is -0.367 e. The van der Waals surface area contributed by atoms with Crippen LogP contribution in [0.3, 0.4) is 0 Å². The number of ether oxygens (including phenoxy) is 1. The van der Waals surface area contributed by atoms with Gasteiger partial charge in [0, 0.05) is 23.7 Å². The van der Waals surface area contributed by atoms with Crippen molar-refractivity contribution in [1.29, 1.82) is 5.26 Å². The minimum absolute atomic E-state index is 0.00419. The fourth-order valence-corrected chi connectivity index (χ4v) is 3.20. The zero-order chi connectivity index (χ0) is 15.5. The third kappa shape index (κ3) is 2.86. The molecule has 1 fully saturated rings. The van der Waals surface area contributed by atoms with Gasteiger partial charge >= 0.3 is 0 Å². The molecule has 0 saturated carbocycles. The summed E-state index contributed by atoms with van der Waals surface area (Å²) in [4.78, 5) is 18.0. The second kappa shape index (κ2) is 6.26. The number of hydrogen-bond acceptors (Lipinski definition) is 6. The lowest BCUT2D eigenvalue weighted by molar-refractivity contribution is 0.0396. The highest BCUT2D eigenvalue weighted by Gasteiger charge is 2.25. The van der Waals surface area contributed by atoms with Crippen molar-refractivity contribution in [3.05, 3.63) is 45.9 Å². The molecular weight excluding hydrogens is 298 g/mol. The van der Waals surface area contributed by atoms with Gasteiger partial charge < -0.3 is 9.64 Å². The third-order valence-electron chi connectivity index (χ3n) is 3.66. The first kappa shape index (κ1) is 14.7. The molecule has 0 bridgehead atoms. The smallest absolute Gasteiger partial charge is 0.159 e. The van der Waals surface area contributed by atoms with Crippen molar-refractivity contribution in [1.82, 2.24) is 4.98 Å². The van der Waals surface area contributed by atoms with Crippen molar-refractivity contribution in [2.75, 3.05) is 24.6 Å². The maximum atomic E-state index is 11.6. The molecule has 5 nitrogen and oxygen atoms in total. The molecule has 112 valence electrons. The first-order valence-corrected chi connectivity index (χ1v) is 7.88. The lowest BCUT2D eigenvalue weighted by atomic mass is 10.1. The van der Waals surface area contributed by atoms with Gasteiger partial charge in [0.25, 0.3) is 0 Å². The molecule has 1 atom stereocenters. The zero-order valence-corrected chi connectivity index (χ0v) is 13.0. The molecule has 1 aromatic heterocycles. The quantitative estimate of drug-likeness (QED) is 0.815. The van der Waals surface area contributed by atoms with Crippen molar-refractivity contribution in [3.63, 3.8) is 0 Å². The molecule has 0 spiro atoms. The molecule has 1 aliphatic heterocycles. The molecule has 2 heterocycles. The summed E-state index contributed by atoms with van der Waals surface area (Å²) in [5.74, 6) is -0.00419. The van der Waals surface area contributed by atoms with E-state index in [1.807, 2.05) is 5.38 Å². The normalized spacial score (nSPS) is 18.0. The Bertz CT molecular complexity index is 721. The van der Waals surface area contributed by atoms with Crippen LogP contribution in [-0.4, -0.2) is 30.5 Å². The number of hydrogen-bond donors (Lipinski definition) is 0. The highest BCUT2D eigenvalue weighted by Crippen LogP contribution is 2.29. The highest BCUT2D eigenvalue weighted by molar-refractivity contribution is 7.09. The molecular formula is C16H15N3O2S. The van der Waals surface area contributed by atoms with Crippen LogP contribution in [0.2, 0.25) is 0 Å². The van der Waals surface area contributed by atoms with Gasteiger partial charge in [0.2, 0.25) is 0 Å². The van der Waals surface area contributed by atoms with E-state index in [0.29, 0.717) is 30.8 Å². The molecule has 0 radical (unpaired) electrons. The number of ketones is 1. The van der Waals surface area contributed by atoms with Crippen molar-refractivity contribution in [2.45, 2.75) is 13.0 Å². The van der Waals surface area contributed by atoms with Crippen LogP contribution in [0.1, 0.15) is 34.0 Å².